The lowest BCUT2D eigenvalue weighted by atomic mass is 10.1. The minimum Gasteiger partial charge on any atom is -0.360 e. The summed E-state index contributed by atoms with van der Waals surface area (Å²) in [5, 5.41) is 8.33. The minimum atomic E-state index is -0.817. The Labute approximate surface area is 120 Å². The Morgan fingerprint density at radius 2 is 1.95 bits per heavy atom. The van der Waals surface area contributed by atoms with Gasteiger partial charge in [-0.25, -0.2) is 4.39 Å². The maximum Gasteiger partial charge on any atom is 0.314 e. The molecule has 6 nitrogen and oxygen atoms in total. The van der Waals surface area contributed by atoms with Crippen LogP contribution in [0.1, 0.15) is 11.3 Å². The van der Waals surface area contributed by atoms with Crippen molar-refractivity contribution in [3.8, 4) is 0 Å². The highest BCUT2D eigenvalue weighted by atomic mass is 19.1. The number of benzene rings is 1. The van der Waals surface area contributed by atoms with Crippen LogP contribution in [0.2, 0.25) is 0 Å². The molecule has 0 unspecified atom stereocenters. The molecule has 0 atom stereocenters. The molecule has 1 heterocycles. The lowest BCUT2D eigenvalue weighted by Gasteiger charge is -2.04. The molecule has 0 saturated heterocycles. The Morgan fingerprint density at radius 3 is 2.57 bits per heavy atom. The van der Waals surface area contributed by atoms with Crippen molar-refractivity contribution in [1.82, 2.24) is 10.5 Å². The fraction of sp³-hybridized carbons (Fsp3) is 0.214. The summed E-state index contributed by atoms with van der Waals surface area (Å²) in [5.74, 6) is -1.18. The normalized spacial score (nSPS) is 10.2. The topological polar surface area (TPSA) is 84.2 Å². The number of aryl methyl sites for hydroxylation is 1. The van der Waals surface area contributed by atoms with E-state index in [1.807, 2.05) is 0 Å². The van der Waals surface area contributed by atoms with Crippen molar-refractivity contribution in [2.75, 3.05) is 11.9 Å². The fourth-order valence-electron chi connectivity index (χ4n) is 1.65. The van der Waals surface area contributed by atoms with Crippen LogP contribution in [0.15, 0.2) is 34.9 Å². The predicted molar refractivity (Wildman–Crippen MR) is 73.0 cm³/mol. The van der Waals surface area contributed by atoms with Crippen molar-refractivity contribution in [2.24, 2.45) is 0 Å². The van der Waals surface area contributed by atoms with Gasteiger partial charge in [0.15, 0.2) is 5.82 Å². The number of nitrogens with zero attached hydrogens (tertiary/aromatic N) is 1. The number of carbonyl (C=O) groups is 2. The number of anilines is 1. The zero-order valence-electron chi connectivity index (χ0n) is 11.4. The van der Waals surface area contributed by atoms with E-state index in [1.165, 1.54) is 18.2 Å². The Bertz CT molecular complexity index is 637. The Hall–Kier alpha value is -2.70. The molecule has 0 fully saturated rings. The molecule has 7 heteroatoms. The van der Waals surface area contributed by atoms with Gasteiger partial charge in [0.25, 0.3) is 0 Å². The number of nitrogens with one attached hydrogen (secondary N) is 2. The molecule has 1 aromatic carbocycles. The van der Waals surface area contributed by atoms with E-state index in [1.54, 1.807) is 19.1 Å². The average molecular weight is 291 g/mol. The molecule has 21 heavy (non-hydrogen) atoms. The van der Waals surface area contributed by atoms with E-state index >= 15 is 0 Å². The molecule has 0 radical (unpaired) electrons. The molecule has 0 bridgehead atoms. The molecule has 0 aliphatic heterocycles. The predicted octanol–water partition coefficient (Wildman–Crippen LogP) is 1.42. The van der Waals surface area contributed by atoms with Crippen molar-refractivity contribution in [1.29, 1.82) is 0 Å². The second-order valence-corrected chi connectivity index (χ2v) is 4.41. The zero-order chi connectivity index (χ0) is 15.2. The monoisotopic (exact) mass is 291 g/mol. The smallest absolute Gasteiger partial charge is 0.314 e. The molecule has 2 amide bonds. The van der Waals surface area contributed by atoms with E-state index in [0.29, 0.717) is 12.2 Å². The second kappa shape index (κ2) is 6.65. The summed E-state index contributed by atoms with van der Waals surface area (Å²) in [6, 6.07) is 7.44. The van der Waals surface area contributed by atoms with Crippen LogP contribution < -0.4 is 10.6 Å². The molecule has 0 aliphatic carbocycles. The quantitative estimate of drug-likeness (QED) is 0.834. The fourth-order valence-corrected chi connectivity index (χ4v) is 1.65. The van der Waals surface area contributed by atoms with E-state index in [0.717, 1.165) is 5.56 Å². The highest BCUT2D eigenvalue weighted by Gasteiger charge is 2.14. The van der Waals surface area contributed by atoms with Gasteiger partial charge in [0.2, 0.25) is 0 Å². The number of hydrogen-bond donors (Lipinski definition) is 2. The van der Waals surface area contributed by atoms with Crippen LogP contribution >= 0.6 is 0 Å². The van der Waals surface area contributed by atoms with Gasteiger partial charge in [-0.15, -0.1) is 0 Å². The van der Waals surface area contributed by atoms with Gasteiger partial charge in [-0.05, 0) is 31.0 Å². The summed E-state index contributed by atoms with van der Waals surface area (Å²) in [6.45, 7) is 1.95. The third-order valence-corrected chi connectivity index (χ3v) is 2.69. The molecule has 0 saturated carbocycles. The maximum absolute atomic E-state index is 12.7. The Balaban J connectivity index is 1.76. The van der Waals surface area contributed by atoms with Crippen LogP contribution in [0.5, 0.6) is 0 Å². The SMILES string of the molecule is Cc1cc(NC(=O)C(=O)NCCc2ccc(F)cc2)no1. The Kier molecular flexibility index (Phi) is 4.65. The van der Waals surface area contributed by atoms with Crippen LogP contribution in [0.25, 0.3) is 0 Å². The first-order chi connectivity index (χ1) is 10.0. The summed E-state index contributed by atoms with van der Waals surface area (Å²) in [7, 11) is 0. The lowest BCUT2D eigenvalue weighted by Crippen LogP contribution is -2.36. The van der Waals surface area contributed by atoms with Crippen LogP contribution in [-0.4, -0.2) is 23.5 Å². The number of hydrogen-bond acceptors (Lipinski definition) is 4. The van der Waals surface area contributed by atoms with Crippen molar-refractivity contribution in [3.05, 3.63) is 47.5 Å². The largest absolute Gasteiger partial charge is 0.360 e. The number of carbonyl (C=O) groups excluding carboxylic acids is 2. The highest BCUT2D eigenvalue weighted by Crippen LogP contribution is 2.06. The summed E-state index contributed by atoms with van der Waals surface area (Å²) in [4.78, 5) is 23.1. The third kappa shape index (κ3) is 4.41. The van der Waals surface area contributed by atoms with Crippen LogP contribution in [-0.2, 0) is 16.0 Å². The first-order valence-electron chi connectivity index (χ1n) is 6.31. The van der Waals surface area contributed by atoms with Crippen LogP contribution in [0.4, 0.5) is 10.2 Å². The number of halogens is 1. The standard InChI is InChI=1S/C14H14FN3O3/c1-9-8-12(18-21-9)17-14(20)13(19)16-7-6-10-2-4-11(15)5-3-10/h2-5,8H,6-7H2,1H3,(H,16,19)(H,17,18,20). The van der Waals surface area contributed by atoms with Crippen molar-refractivity contribution >= 4 is 17.6 Å². The van der Waals surface area contributed by atoms with Crippen molar-refractivity contribution < 1.29 is 18.5 Å². The van der Waals surface area contributed by atoms with Gasteiger partial charge in [0.05, 0.1) is 0 Å². The van der Waals surface area contributed by atoms with E-state index in [2.05, 4.69) is 15.8 Å². The van der Waals surface area contributed by atoms with Gasteiger partial charge in [-0.1, -0.05) is 17.3 Å². The molecule has 0 spiro atoms. The number of amides is 2. The molecule has 2 aromatic rings. The first-order valence-corrected chi connectivity index (χ1v) is 6.31. The molecule has 2 rings (SSSR count). The van der Waals surface area contributed by atoms with E-state index in [4.69, 9.17) is 4.52 Å². The first kappa shape index (κ1) is 14.7. The van der Waals surface area contributed by atoms with Crippen molar-refractivity contribution in [3.63, 3.8) is 0 Å². The lowest BCUT2D eigenvalue weighted by molar-refractivity contribution is -0.136. The minimum absolute atomic E-state index is 0.186. The van der Waals surface area contributed by atoms with Crippen LogP contribution in [0, 0.1) is 12.7 Å². The van der Waals surface area contributed by atoms with Crippen LogP contribution in [0.3, 0.4) is 0 Å². The highest BCUT2D eigenvalue weighted by molar-refractivity contribution is 6.39. The second-order valence-electron chi connectivity index (χ2n) is 4.41. The zero-order valence-corrected chi connectivity index (χ0v) is 11.4. The van der Waals surface area contributed by atoms with E-state index in [-0.39, 0.29) is 18.2 Å². The molecular weight excluding hydrogens is 277 g/mol. The summed E-state index contributed by atoms with van der Waals surface area (Å²) in [6.07, 6.45) is 0.502. The van der Waals surface area contributed by atoms with Gasteiger partial charge in [-0.3, -0.25) is 14.9 Å². The van der Waals surface area contributed by atoms with Gasteiger partial charge in [-0.2, -0.15) is 0 Å². The maximum atomic E-state index is 12.7. The third-order valence-electron chi connectivity index (χ3n) is 2.69. The van der Waals surface area contributed by atoms with Gasteiger partial charge >= 0.3 is 11.8 Å². The Morgan fingerprint density at radius 1 is 1.24 bits per heavy atom. The summed E-state index contributed by atoms with van der Waals surface area (Å²) >= 11 is 0. The molecule has 2 N–H and O–H groups in total. The summed E-state index contributed by atoms with van der Waals surface area (Å²) in [5.41, 5.74) is 0.865. The summed E-state index contributed by atoms with van der Waals surface area (Å²) < 4.78 is 17.5. The molecule has 1 aromatic heterocycles. The molecule has 110 valence electrons. The van der Waals surface area contributed by atoms with Gasteiger partial charge in [0.1, 0.15) is 11.6 Å². The molecular formula is C14H14FN3O3. The van der Waals surface area contributed by atoms with Gasteiger partial charge in [0, 0.05) is 12.6 Å². The van der Waals surface area contributed by atoms with Crippen molar-refractivity contribution in [2.45, 2.75) is 13.3 Å². The van der Waals surface area contributed by atoms with Gasteiger partial charge < -0.3 is 9.84 Å². The molecule has 0 aliphatic rings. The number of rotatable bonds is 4. The van der Waals surface area contributed by atoms with E-state index < -0.39 is 11.8 Å². The van der Waals surface area contributed by atoms with E-state index in [9.17, 15) is 14.0 Å². The average Bonchev–Trinajstić information content (AvgIpc) is 2.86. The number of aromatic nitrogens is 1.